The lowest BCUT2D eigenvalue weighted by Crippen LogP contribution is -2.31. The van der Waals surface area contributed by atoms with Gasteiger partial charge in [-0.3, -0.25) is 0 Å². The second-order valence-electron chi connectivity index (χ2n) is 6.63. The first-order valence-electron chi connectivity index (χ1n) is 8.75. The van der Waals surface area contributed by atoms with Crippen LogP contribution in [0.2, 0.25) is 10.0 Å². The molecule has 1 aliphatic heterocycles. The molecule has 0 aliphatic carbocycles. The van der Waals surface area contributed by atoms with Crippen molar-refractivity contribution in [2.75, 3.05) is 18.0 Å². The summed E-state index contributed by atoms with van der Waals surface area (Å²) >= 11 is 12.8. The molecule has 0 bridgehead atoms. The highest BCUT2D eigenvalue weighted by Crippen LogP contribution is 2.40. The summed E-state index contributed by atoms with van der Waals surface area (Å²) < 4.78 is 0. The Bertz CT molecular complexity index is 916. The summed E-state index contributed by atoms with van der Waals surface area (Å²) in [6, 6.07) is 14.2. The molecule has 2 nitrogen and oxygen atoms in total. The van der Waals surface area contributed by atoms with E-state index in [1.54, 1.807) is 6.07 Å². The predicted octanol–water partition coefficient (Wildman–Crippen LogP) is 6.51. The summed E-state index contributed by atoms with van der Waals surface area (Å²) in [5.41, 5.74) is 4.37. The van der Waals surface area contributed by atoms with Gasteiger partial charge >= 0.3 is 0 Å². The minimum Gasteiger partial charge on any atom is -0.356 e. The van der Waals surface area contributed by atoms with Crippen molar-refractivity contribution in [3.8, 4) is 11.1 Å². The average Bonchev–Trinajstić information content (AvgIpc) is 2.63. The van der Waals surface area contributed by atoms with Crippen LogP contribution in [-0.2, 0) is 0 Å². The number of hydrogen-bond donors (Lipinski definition) is 0. The Labute approximate surface area is 158 Å². The van der Waals surface area contributed by atoms with Crippen LogP contribution in [0.25, 0.3) is 22.0 Å². The number of benzene rings is 2. The number of halogens is 2. The molecule has 1 aliphatic rings. The molecule has 3 aromatic rings. The molecule has 1 aromatic heterocycles. The van der Waals surface area contributed by atoms with E-state index in [1.165, 1.54) is 36.0 Å². The number of rotatable bonds is 2. The topological polar surface area (TPSA) is 16.1 Å². The Balaban J connectivity index is 2.03. The maximum absolute atomic E-state index is 6.52. The fourth-order valence-electron chi connectivity index (χ4n) is 3.76. The SMILES string of the molecule is Cc1c(N2CCCCC2)nc2c(Cl)cc(Cl)cc2c1-c1ccccc1. The smallest absolute Gasteiger partial charge is 0.132 e. The van der Waals surface area contributed by atoms with Crippen LogP contribution in [0.3, 0.4) is 0 Å². The molecule has 0 radical (unpaired) electrons. The average molecular weight is 371 g/mol. The van der Waals surface area contributed by atoms with Crippen molar-refractivity contribution in [3.63, 3.8) is 0 Å². The predicted molar refractivity (Wildman–Crippen MR) is 108 cm³/mol. The first-order chi connectivity index (χ1) is 12.1. The molecular formula is C21H20Cl2N2. The van der Waals surface area contributed by atoms with E-state index in [0.717, 1.165) is 29.8 Å². The van der Waals surface area contributed by atoms with Gasteiger partial charge in [0.2, 0.25) is 0 Å². The van der Waals surface area contributed by atoms with Gasteiger partial charge in [-0.1, -0.05) is 53.5 Å². The minimum atomic E-state index is 0.609. The van der Waals surface area contributed by atoms with Crippen LogP contribution in [-0.4, -0.2) is 18.1 Å². The molecule has 0 amide bonds. The van der Waals surface area contributed by atoms with Crippen LogP contribution >= 0.6 is 23.2 Å². The highest BCUT2D eigenvalue weighted by Gasteiger charge is 2.21. The number of aromatic nitrogens is 1. The summed E-state index contributed by atoms with van der Waals surface area (Å²) in [6.07, 6.45) is 3.73. The third-order valence-corrected chi connectivity index (χ3v) is 5.45. The molecule has 25 heavy (non-hydrogen) atoms. The molecule has 0 saturated carbocycles. The van der Waals surface area contributed by atoms with E-state index >= 15 is 0 Å². The molecule has 0 spiro atoms. The standard InChI is InChI=1S/C21H20Cl2N2/c1-14-19(15-8-4-2-5-9-15)17-12-16(22)13-18(23)20(17)24-21(14)25-10-6-3-7-11-25/h2,4-5,8-9,12-13H,3,6-7,10-11H2,1H3. The Kier molecular flexibility index (Phi) is 4.58. The van der Waals surface area contributed by atoms with E-state index in [-0.39, 0.29) is 0 Å². The van der Waals surface area contributed by atoms with Gasteiger partial charge in [0, 0.05) is 29.1 Å². The maximum Gasteiger partial charge on any atom is 0.132 e. The fraction of sp³-hybridized carbons (Fsp3) is 0.286. The van der Waals surface area contributed by atoms with Gasteiger partial charge in [0.15, 0.2) is 0 Å². The zero-order valence-corrected chi connectivity index (χ0v) is 15.7. The van der Waals surface area contributed by atoms with E-state index in [2.05, 4.69) is 36.1 Å². The monoisotopic (exact) mass is 370 g/mol. The van der Waals surface area contributed by atoms with Crippen LogP contribution in [0.15, 0.2) is 42.5 Å². The van der Waals surface area contributed by atoms with Crippen molar-refractivity contribution in [3.05, 3.63) is 58.1 Å². The summed E-state index contributed by atoms with van der Waals surface area (Å²) in [5.74, 6) is 1.05. The third-order valence-electron chi connectivity index (χ3n) is 4.94. The van der Waals surface area contributed by atoms with Crippen molar-refractivity contribution >= 4 is 39.9 Å². The number of pyridine rings is 1. The van der Waals surface area contributed by atoms with Crippen molar-refractivity contribution in [2.24, 2.45) is 0 Å². The molecule has 2 aromatic carbocycles. The number of hydrogen-bond acceptors (Lipinski definition) is 2. The van der Waals surface area contributed by atoms with Crippen molar-refractivity contribution in [2.45, 2.75) is 26.2 Å². The van der Waals surface area contributed by atoms with E-state index in [1.807, 2.05) is 12.1 Å². The highest BCUT2D eigenvalue weighted by molar-refractivity contribution is 6.38. The number of fused-ring (bicyclic) bond motifs is 1. The summed E-state index contributed by atoms with van der Waals surface area (Å²) in [7, 11) is 0. The molecule has 1 fully saturated rings. The Morgan fingerprint density at radius 1 is 0.960 bits per heavy atom. The van der Waals surface area contributed by atoms with E-state index in [0.29, 0.717) is 10.0 Å². The first kappa shape index (κ1) is 16.7. The van der Waals surface area contributed by atoms with Gasteiger partial charge in [-0.05, 0) is 49.4 Å². The van der Waals surface area contributed by atoms with Crippen molar-refractivity contribution < 1.29 is 0 Å². The quantitative estimate of drug-likeness (QED) is 0.511. The number of piperidine rings is 1. The Hall–Kier alpha value is -1.77. The van der Waals surface area contributed by atoms with Gasteiger partial charge < -0.3 is 4.90 Å². The lowest BCUT2D eigenvalue weighted by Gasteiger charge is -2.30. The van der Waals surface area contributed by atoms with E-state index in [9.17, 15) is 0 Å². The molecule has 0 atom stereocenters. The number of anilines is 1. The summed E-state index contributed by atoms with van der Waals surface area (Å²) in [4.78, 5) is 7.36. The maximum atomic E-state index is 6.52. The highest BCUT2D eigenvalue weighted by atomic mass is 35.5. The van der Waals surface area contributed by atoms with Crippen LogP contribution in [0, 0.1) is 6.92 Å². The fourth-order valence-corrected chi connectivity index (χ4v) is 4.30. The zero-order valence-electron chi connectivity index (χ0n) is 14.2. The minimum absolute atomic E-state index is 0.609. The molecule has 4 rings (SSSR count). The van der Waals surface area contributed by atoms with Crippen LogP contribution in [0.1, 0.15) is 24.8 Å². The van der Waals surface area contributed by atoms with E-state index < -0.39 is 0 Å². The molecule has 128 valence electrons. The largest absolute Gasteiger partial charge is 0.356 e. The Morgan fingerprint density at radius 2 is 1.68 bits per heavy atom. The molecule has 0 unspecified atom stereocenters. The molecule has 2 heterocycles. The van der Waals surface area contributed by atoms with Gasteiger partial charge in [-0.2, -0.15) is 0 Å². The van der Waals surface area contributed by atoms with Gasteiger partial charge in [0.25, 0.3) is 0 Å². The Morgan fingerprint density at radius 3 is 2.40 bits per heavy atom. The van der Waals surface area contributed by atoms with Crippen molar-refractivity contribution in [1.29, 1.82) is 0 Å². The molecular weight excluding hydrogens is 351 g/mol. The lowest BCUT2D eigenvalue weighted by atomic mass is 9.95. The van der Waals surface area contributed by atoms with Crippen molar-refractivity contribution in [1.82, 2.24) is 4.98 Å². The zero-order chi connectivity index (χ0) is 17.4. The molecule has 4 heteroatoms. The van der Waals surface area contributed by atoms with Crippen LogP contribution in [0.5, 0.6) is 0 Å². The normalized spacial score (nSPS) is 14.9. The van der Waals surface area contributed by atoms with Crippen LogP contribution in [0.4, 0.5) is 5.82 Å². The van der Waals surface area contributed by atoms with Gasteiger partial charge in [-0.15, -0.1) is 0 Å². The number of nitrogens with zero attached hydrogens (tertiary/aromatic N) is 2. The second-order valence-corrected chi connectivity index (χ2v) is 7.48. The summed E-state index contributed by atoms with van der Waals surface area (Å²) in [5, 5.41) is 2.27. The second kappa shape index (κ2) is 6.86. The third kappa shape index (κ3) is 3.09. The van der Waals surface area contributed by atoms with Crippen LogP contribution < -0.4 is 4.90 Å². The lowest BCUT2D eigenvalue weighted by molar-refractivity contribution is 0.573. The van der Waals surface area contributed by atoms with Gasteiger partial charge in [0.1, 0.15) is 5.82 Å². The first-order valence-corrected chi connectivity index (χ1v) is 9.50. The van der Waals surface area contributed by atoms with E-state index in [4.69, 9.17) is 28.2 Å². The van der Waals surface area contributed by atoms with Gasteiger partial charge in [0.05, 0.1) is 10.5 Å². The van der Waals surface area contributed by atoms with Gasteiger partial charge in [-0.25, -0.2) is 4.98 Å². The summed E-state index contributed by atoms with van der Waals surface area (Å²) in [6.45, 7) is 4.27. The molecule has 1 saturated heterocycles. The molecule has 0 N–H and O–H groups in total.